The van der Waals surface area contributed by atoms with E-state index in [0.717, 1.165) is 0 Å². The molecule has 0 saturated heterocycles. The van der Waals surface area contributed by atoms with Crippen LogP contribution >= 0.6 is 0 Å². The molecular weight excluding hydrogens is 180 g/mol. The average molecular weight is 198 g/mol. The van der Waals surface area contributed by atoms with E-state index in [4.69, 9.17) is 0 Å². The van der Waals surface area contributed by atoms with E-state index < -0.39 is 0 Å². The van der Waals surface area contributed by atoms with Gasteiger partial charge in [-0.05, 0) is 57.1 Å². The molecule has 0 unspecified atom stereocenters. The van der Waals surface area contributed by atoms with E-state index in [1.807, 2.05) is 0 Å². The molecule has 0 spiro atoms. The van der Waals surface area contributed by atoms with Crippen LogP contribution in [-0.2, 0) is 0 Å². The van der Waals surface area contributed by atoms with Crippen molar-refractivity contribution in [2.45, 2.75) is 46.0 Å². The highest BCUT2D eigenvalue weighted by atomic mass is 14.3. The Morgan fingerprint density at radius 1 is 0.800 bits per heavy atom. The minimum atomic E-state index is 1.21. The Hall–Kier alpha value is -1.04. The lowest BCUT2D eigenvalue weighted by atomic mass is 9.98. The van der Waals surface area contributed by atoms with Crippen LogP contribution in [0.4, 0.5) is 0 Å². The molecule has 0 bridgehead atoms. The second-order valence-corrected chi connectivity index (χ2v) is 5.02. The third-order valence-electron chi connectivity index (χ3n) is 4.18. The maximum Gasteiger partial charge on any atom is -0.00559 e. The first-order chi connectivity index (χ1) is 7.25. The van der Waals surface area contributed by atoms with Crippen molar-refractivity contribution in [3.63, 3.8) is 0 Å². The molecule has 0 aliphatic heterocycles. The summed E-state index contributed by atoms with van der Waals surface area (Å²) in [5.74, 6) is 0. The molecule has 0 atom stereocenters. The van der Waals surface area contributed by atoms with Crippen LogP contribution in [-0.4, -0.2) is 0 Å². The van der Waals surface area contributed by atoms with Crippen LogP contribution in [0, 0.1) is 0 Å². The molecule has 0 saturated carbocycles. The fourth-order valence-electron chi connectivity index (χ4n) is 3.16. The Kier molecular flexibility index (Phi) is 1.98. The summed E-state index contributed by atoms with van der Waals surface area (Å²) in [7, 11) is 0. The van der Waals surface area contributed by atoms with E-state index >= 15 is 0 Å². The normalized spacial score (nSPS) is 24.9. The Morgan fingerprint density at radius 3 is 2.27 bits per heavy atom. The SMILES string of the molecule is CC1=CCC2=C1CCC1=C(C2)C(C)=CC1. The standard InChI is InChI=1S/C15H18/c1-10-4-6-13-9-15-11(2)3-5-12(15)7-8-14(10)13/h3-4H,5-9H2,1-2H3. The van der Waals surface area contributed by atoms with Gasteiger partial charge in [0.2, 0.25) is 0 Å². The van der Waals surface area contributed by atoms with E-state index in [1.165, 1.54) is 32.1 Å². The van der Waals surface area contributed by atoms with Crippen LogP contribution < -0.4 is 0 Å². The smallest absolute Gasteiger partial charge is 0.00559 e. The number of rotatable bonds is 0. The molecule has 15 heavy (non-hydrogen) atoms. The van der Waals surface area contributed by atoms with Crippen molar-refractivity contribution in [1.29, 1.82) is 0 Å². The van der Waals surface area contributed by atoms with Crippen LogP contribution in [0.5, 0.6) is 0 Å². The molecule has 0 aromatic rings. The maximum atomic E-state index is 2.41. The Labute approximate surface area is 92.1 Å². The van der Waals surface area contributed by atoms with E-state index in [0.29, 0.717) is 0 Å². The third-order valence-corrected chi connectivity index (χ3v) is 4.18. The molecule has 3 aliphatic carbocycles. The van der Waals surface area contributed by atoms with Gasteiger partial charge in [-0.2, -0.15) is 0 Å². The molecule has 0 aromatic carbocycles. The van der Waals surface area contributed by atoms with Crippen LogP contribution in [0.3, 0.4) is 0 Å². The van der Waals surface area contributed by atoms with Gasteiger partial charge in [0.15, 0.2) is 0 Å². The highest BCUT2D eigenvalue weighted by molar-refractivity contribution is 5.51. The van der Waals surface area contributed by atoms with Crippen LogP contribution in [0.2, 0.25) is 0 Å². The predicted molar refractivity (Wildman–Crippen MR) is 64.7 cm³/mol. The Balaban J connectivity index is 1.96. The number of allylic oxidation sites excluding steroid dienone is 8. The average Bonchev–Trinajstić information content (AvgIpc) is 2.68. The van der Waals surface area contributed by atoms with Gasteiger partial charge in [0, 0.05) is 0 Å². The van der Waals surface area contributed by atoms with Crippen molar-refractivity contribution in [1.82, 2.24) is 0 Å². The lowest BCUT2D eigenvalue weighted by molar-refractivity contribution is 0.913. The molecule has 0 radical (unpaired) electrons. The zero-order valence-electron chi connectivity index (χ0n) is 9.69. The van der Waals surface area contributed by atoms with Gasteiger partial charge in [-0.15, -0.1) is 0 Å². The van der Waals surface area contributed by atoms with Gasteiger partial charge >= 0.3 is 0 Å². The molecule has 3 aliphatic rings. The van der Waals surface area contributed by atoms with Gasteiger partial charge in [0.1, 0.15) is 0 Å². The summed E-state index contributed by atoms with van der Waals surface area (Å²) in [6.07, 6.45) is 11.1. The van der Waals surface area contributed by atoms with E-state index in [1.54, 1.807) is 33.4 Å². The molecule has 3 rings (SSSR count). The largest absolute Gasteiger partial charge is 0.0772 e. The summed E-state index contributed by atoms with van der Waals surface area (Å²) in [4.78, 5) is 0. The third kappa shape index (κ3) is 1.35. The summed E-state index contributed by atoms with van der Waals surface area (Å²) in [5, 5.41) is 0. The van der Waals surface area contributed by atoms with Crippen molar-refractivity contribution in [3.05, 3.63) is 45.6 Å². The summed E-state index contributed by atoms with van der Waals surface area (Å²) in [6, 6.07) is 0. The van der Waals surface area contributed by atoms with Crippen molar-refractivity contribution in [2.75, 3.05) is 0 Å². The molecule has 0 N–H and O–H groups in total. The first kappa shape index (κ1) is 9.21. The van der Waals surface area contributed by atoms with Crippen molar-refractivity contribution in [2.24, 2.45) is 0 Å². The van der Waals surface area contributed by atoms with Crippen molar-refractivity contribution >= 4 is 0 Å². The lowest BCUT2D eigenvalue weighted by Crippen LogP contribution is -1.88. The van der Waals surface area contributed by atoms with Crippen molar-refractivity contribution in [3.8, 4) is 0 Å². The number of hydrogen-bond acceptors (Lipinski definition) is 0. The second-order valence-electron chi connectivity index (χ2n) is 5.02. The first-order valence-electron chi connectivity index (χ1n) is 6.02. The molecule has 0 nitrogen and oxygen atoms in total. The van der Waals surface area contributed by atoms with Crippen LogP contribution in [0.1, 0.15) is 46.0 Å². The quantitative estimate of drug-likeness (QED) is 0.539. The Morgan fingerprint density at radius 2 is 1.47 bits per heavy atom. The monoisotopic (exact) mass is 198 g/mol. The van der Waals surface area contributed by atoms with Gasteiger partial charge in [-0.3, -0.25) is 0 Å². The van der Waals surface area contributed by atoms with E-state index in [9.17, 15) is 0 Å². The van der Waals surface area contributed by atoms with Crippen molar-refractivity contribution < 1.29 is 0 Å². The highest BCUT2D eigenvalue weighted by Gasteiger charge is 2.23. The maximum absolute atomic E-state index is 2.41. The van der Waals surface area contributed by atoms with Gasteiger partial charge in [0.25, 0.3) is 0 Å². The van der Waals surface area contributed by atoms with Crippen LogP contribution in [0.25, 0.3) is 0 Å². The molecule has 0 heteroatoms. The minimum Gasteiger partial charge on any atom is -0.0772 e. The topological polar surface area (TPSA) is 0 Å². The zero-order chi connectivity index (χ0) is 10.4. The lowest BCUT2D eigenvalue weighted by Gasteiger charge is -2.07. The second kappa shape index (κ2) is 3.23. The summed E-state index contributed by atoms with van der Waals surface area (Å²) >= 11 is 0. The van der Waals surface area contributed by atoms with Gasteiger partial charge in [-0.1, -0.05) is 34.4 Å². The van der Waals surface area contributed by atoms with E-state index in [2.05, 4.69) is 26.0 Å². The molecule has 0 amide bonds. The summed E-state index contributed by atoms with van der Waals surface area (Å²) in [6.45, 7) is 4.56. The molecular formula is C15H18. The Bertz CT molecular complexity index is 439. The van der Waals surface area contributed by atoms with Gasteiger partial charge in [0.05, 0.1) is 0 Å². The fraction of sp³-hybridized carbons (Fsp3) is 0.467. The molecule has 0 aromatic heterocycles. The summed E-state index contributed by atoms with van der Waals surface area (Å²) in [5.41, 5.74) is 9.86. The predicted octanol–water partition coefficient (Wildman–Crippen LogP) is 4.46. The highest BCUT2D eigenvalue weighted by Crippen LogP contribution is 2.43. The zero-order valence-corrected chi connectivity index (χ0v) is 9.69. The molecule has 0 fully saturated rings. The van der Waals surface area contributed by atoms with Gasteiger partial charge in [-0.25, -0.2) is 0 Å². The van der Waals surface area contributed by atoms with E-state index in [-0.39, 0.29) is 0 Å². The minimum absolute atomic E-state index is 1.21. The molecule has 78 valence electrons. The van der Waals surface area contributed by atoms with Crippen LogP contribution in [0.15, 0.2) is 45.6 Å². The fourth-order valence-corrected chi connectivity index (χ4v) is 3.16. The molecule has 0 heterocycles. The van der Waals surface area contributed by atoms with Gasteiger partial charge < -0.3 is 0 Å². The summed E-state index contributed by atoms with van der Waals surface area (Å²) < 4.78 is 0. The first-order valence-corrected chi connectivity index (χ1v) is 6.02. The number of hydrogen-bond donors (Lipinski definition) is 0.